The molecule has 0 saturated heterocycles. The summed E-state index contributed by atoms with van der Waals surface area (Å²) in [7, 11) is -3.30. The Balaban J connectivity index is 1.44. The van der Waals surface area contributed by atoms with Crippen LogP contribution in [0.15, 0.2) is 46.9 Å². The highest BCUT2D eigenvalue weighted by molar-refractivity contribution is 7.90. The standard InChI is InChI=1S/C20H19N5O3S3/c1-12-19(30-13(2)22-12)17-11-29-20(23-17)24-18(26)10-25-9-15(8-21-25)14-5-4-6-16(7-14)31(3,27)28/h4-9,11H,10H2,1-3H3,(H,23,24,26). The summed E-state index contributed by atoms with van der Waals surface area (Å²) in [6.45, 7) is 3.91. The molecule has 0 atom stereocenters. The smallest absolute Gasteiger partial charge is 0.247 e. The normalized spacial score (nSPS) is 11.6. The second kappa shape index (κ2) is 8.33. The summed E-state index contributed by atoms with van der Waals surface area (Å²) in [6, 6.07) is 6.63. The van der Waals surface area contributed by atoms with E-state index in [0.29, 0.717) is 5.13 Å². The van der Waals surface area contributed by atoms with Gasteiger partial charge in [0.2, 0.25) is 5.91 Å². The lowest BCUT2D eigenvalue weighted by molar-refractivity contribution is -0.116. The number of anilines is 1. The molecule has 4 rings (SSSR count). The number of nitrogens with one attached hydrogen (secondary N) is 1. The number of sulfone groups is 1. The predicted octanol–water partition coefficient (Wildman–Crippen LogP) is 3.79. The molecule has 31 heavy (non-hydrogen) atoms. The molecule has 11 heteroatoms. The van der Waals surface area contributed by atoms with Crippen LogP contribution in [0, 0.1) is 13.8 Å². The van der Waals surface area contributed by atoms with Crippen LogP contribution in [-0.4, -0.2) is 40.3 Å². The van der Waals surface area contributed by atoms with Crippen LogP contribution >= 0.6 is 22.7 Å². The van der Waals surface area contributed by atoms with Gasteiger partial charge in [-0.1, -0.05) is 12.1 Å². The number of aryl methyl sites for hydroxylation is 2. The highest BCUT2D eigenvalue weighted by Crippen LogP contribution is 2.32. The zero-order chi connectivity index (χ0) is 22.2. The quantitative estimate of drug-likeness (QED) is 0.457. The average Bonchev–Trinajstić information content (AvgIpc) is 3.42. The second-order valence-corrected chi connectivity index (χ2v) is 11.0. The van der Waals surface area contributed by atoms with Crippen molar-refractivity contribution >= 4 is 43.5 Å². The van der Waals surface area contributed by atoms with Gasteiger partial charge in [-0.2, -0.15) is 5.10 Å². The molecule has 0 radical (unpaired) electrons. The number of thiazole rings is 2. The molecule has 160 valence electrons. The number of hydrogen-bond acceptors (Lipinski definition) is 8. The molecule has 0 aliphatic heterocycles. The van der Waals surface area contributed by atoms with E-state index in [4.69, 9.17) is 0 Å². The fourth-order valence-electron chi connectivity index (χ4n) is 3.02. The van der Waals surface area contributed by atoms with E-state index in [9.17, 15) is 13.2 Å². The topological polar surface area (TPSA) is 107 Å². The SMILES string of the molecule is Cc1nc(C)c(-c2csc(NC(=O)Cn3cc(-c4cccc(S(C)(=O)=O)c4)cn3)n2)s1. The Bertz CT molecular complexity index is 1370. The number of nitrogens with zero attached hydrogens (tertiary/aromatic N) is 4. The van der Waals surface area contributed by atoms with Crippen molar-refractivity contribution in [1.29, 1.82) is 0 Å². The van der Waals surface area contributed by atoms with Crippen LogP contribution in [0.2, 0.25) is 0 Å². The minimum Gasteiger partial charge on any atom is -0.300 e. The lowest BCUT2D eigenvalue weighted by Gasteiger charge is -2.03. The first kappa shape index (κ1) is 21.3. The summed E-state index contributed by atoms with van der Waals surface area (Å²) in [5, 5.41) is 10.4. The van der Waals surface area contributed by atoms with Crippen LogP contribution < -0.4 is 5.32 Å². The minimum atomic E-state index is -3.30. The van der Waals surface area contributed by atoms with Crippen LogP contribution in [0.5, 0.6) is 0 Å². The lowest BCUT2D eigenvalue weighted by Crippen LogP contribution is -2.18. The summed E-state index contributed by atoms with van der Waals surface area (Å²) in [5.74, 6) is -0.252. The first-order valence-corrected chi connectivity index (χ1v) is 12.8. The molecular weight excluding hydrogens is 454 g/mol. The van der Waals surface area contributed by atoms with Gasteiger partial charge in [-0.05, 0) is 31.5 Å². The summed E-state index contributed by atoms with van der Waals surface area (Å²) in [6.07, 6.45) is 4.48. The van der Waals surface area contributed by atoms with Crippen LogP contribution in [0.25, 0.3) is 21.7 Å². The molecule has 4 aromatic rings. The Morgan fingerprint density at radius 3 is 2.71 bits per heavy atom. The van der Waals surface area contributed by atoms with E-state index >= 15 is 0 Å². The van der Waals surface area contributed by atoms with Gasteiger partial charge in [-0.3, -0.25) is 9.48 Å². The lowest BCUT2D eigenvalue weighted by atomic mass is 10.1. The molecule has 0 spiro atoms. The Morgan fingerprint density at radius 2 is 2.00 bits per heavy atom. The van der Waals surface area contributed by atoms with Gasteiger partial charge in [0, 0.05) is 23.4 Å². The predicted molar refractivity (Wildman–Crippen MR) is 122 cm³/mol. The van der Waals surface area contributed by atoms with Crippen molar-refractivity contribution in [3.05, 3.63) is 52.7 Å². The average molecular weight is 474 g/mol. The van der Waals surface area contributed by atoms with Crippen molar-refractivity contribution < 1.29 is 13.2 Å². The maximum absolute atomic E-state index is 12.4. The van der Waals surface area contributed by atoms with Crippen molar-refractivity contribution in [3.8, 4) is 21.7 Å². The van der Waals surface area contributed by atoms with Crippen LogP contribution in [0.4, 0.5) is 5.13 Å². The van der Waals surface area contributed by atoms with Gasteiger partial charge in [0.1, 0.15) is 6.54 Å². The molecule has 0 saturated carbocycles. The fraction of sp³-hybridized carbons (Fsp3) is 0.200. The highest BCUT2D eigenvalue weighted by atomic mass is 32.2. The molecule has 1 amide bonds. The Kier molecular flexibility index (Phi) is 5.73. The van der Waals surface area contributed by atoms with Crippen LogP contribution in [-0.2, 0) is 21.2 Å². The molecule has 0 aliphatic rings. The van der Waals surface area contributed by atoms with Gasteiger partial charge < -0.3 is 5.32 Å². The highest BCUT2D eigenvalue weighted by Gasteiger charge is 2.14. The molecule has 1 N–H and O–H groups in total. The van der Waals surface area contributed by atoms with Gasteiger partial charge in [-0.25, -0.2) is 18.4 Å². The summed E-state index contributed by atoms with van der Waals surface area (Å²) in [4.78, 5) is 22.6. The van der Waals surface area contributed by atoms with Crippen molar-refractivity contribution in [3.63, 3.8) is 0 Å². The van der Waals surface area contributed by atoms with Gasteiger partial charge in [0.05, 0.1) is 32.4 Å². The summed E-state index contributed by atoms with van der Waals surface area (Å²) >= 11 is 2.93. The zero-order valence-corrected chi connectivity index (χ0v) is 19.4. The first-order valence-electron chi connectivity index (χ1n) is 9.22. The zero-order valence-electron chi connectivity index (χ0n) is 17.0. The molecule has 3 heterocycles. The number of aromatic nitrogens is 4. The maximum atomic E-state index is 12.4. The van der Waals surface area contributed by atoms with Gasteiger partial charge in [-0.15, -0.1) is 22.7 Å². The number of hydrogen-bond donors (Lipinski definition) is 1. The van der Waals surface area contributed by atoms with Gasteiger partial charge in [0.15, 0.2) is 15.0 Å². The third-order valence-electron chi connectivity index (χ3n) is 4.42. The third-order valence-corrected chi connectivity index (χ3v) is 7.38. The fourth-order valence-corrected chi connectivity index (χ4v) is 5.36. The van der Waals surface area contributed by atoms with E-state index in [1.165, 1.54) is 22.3 Å². The summed E-state index contributed by atoms with van der Waals surface area (Å²) in [5.41, 5.74) is 3.17. The summed E-state index contributed by atoms with van der Waals surface area (Å²) < 4.78 is 25.0. The number of rotatable bonds is 6. The molecular formula is C20H19N5O3S3. The van der Waals surface area contributed by atoms with Crippen molar-refractivity contribution in [1.82, 2.24) is 19.7 Å². The molecule has 0 fully saturated rings. The molecule has 8 nitrogen and oxygen atoms in total. The third kappa shape index (κ3) is 4.89. The molecule has 0 aliphatic carbocycles. The van der Waals surface area contributed by atoms with Crippen molar-refractivity contribution in [2.75, 3.05) is 11.6 Å². The largest absolute Gasteiger partial charge is 0.300 e. The molecule has 0 unspecified atom stereocenters. The van der Waals surface area contributed by atoms with Gasteiger partial charge in [0.25, 0.3) is 0 Å². The van der Waals surface area contributed by atoms with Crippen molar-refractivity contribution in [2.24, 2.45) is 0 Å². The van der Waals surface area contributed by atoms with E-state index < -0.39 is 9.84 Å². The molecule has 3 aromatic heterocycles. The number of carbonyl (C=O) groups excluding carboxylic acids is 1. The number of amides is 1. The van der Waals surface area contributed by atoms with Crippen molar-refractivity contribution in [2.45, 2.75) is 25.3 Å². The molecule has 1 aromatic carbocycles. The first-order chi connectivity index (χ1) is 14.7. The minimum absolute atomic E-state index is 0.0133. The number of benzene rings is 1. The van der Waals surface area contributed by atoms with E-state index in [0.717, 1.165) is 32.4 Å². The van der Waals surface area contributed by atoms with E-state index in [-0.39, 0.29) is 17.3 Å². The van der Waals surface area contributed by atoms with Gasteiger partial charge >= 0.3 is 0 Å². The Hall–Kier alpha value is -2.89. The van der Waals surface area contributed by atoms with E-state index in [1.807, 2.05) is 19.2 Å². The van der Waals surface area contributed by atoms with Crippen LogP contribution in [0.1, 0.15) is 10.7 Å². The van der Waals surface area contributed by atoms with E-state index in [2.05, 4.69) is 20.4 Å². The van der Waals surface area contributed by atoms with Crippen LogP contribution in [0.3, 0.4) is 0 Å². The maximum Gasteiger partial charge on any atom is 0.247 e. The monoisotopic (exact) mass is 473 g/mol. The Labute approximate surface area is 187 Å². The van der Waals surface area contributed by atoms with E-state index in [1.54, 1.807) is 48.0 Å². The number of carbonyl (C=O) groups is 1. The Morgan fingerprint density at radius 1 is 1.19 bits per heavy atom. The molecule has 0 bridgehead atoms. The second-order valence-electron chi connectivity index (χ2n) is 6.96.